The second kappa shape index (κ2) is 2.60. The molecule has 2 heterocycles. The van der Waals surface area contributed by atoms with Gasteiger partial charge in [0.2, 0.25) is 5.95 Å². The minimum atomic E-state index is 0.286. The van der Waals surface area contributed by atoms with E-state index in [1.54, 1.807) is 10.7 Å². The normalized spacial score (nSPS) is 16.0. The average molecular weight is 190 g/mol. The molecular weight excluding hydrogens is 180 g/mol. The van der Waals surface area contributed by atoms with Crippen LogP contribution in [-0.2, 0) is 0 Å². The van der Waals surface area contributed by atoms with E-state index in [1.165, 1.54) is 0 Å². The van der Waals surface area contributed by atoms with E-state index in [2.05, 4.69) is 10.1 Å². The Morgan fingerprint density at radius 2 is 2.29 bits per heavy atom. The topological polar surface area (TPSA) is 65.4 Å². The van der Waals surface area contributed by atoms with Crippen molar-refractivity contribution in [3.05, 3.63) is 18.3 Å². The van der Waals surface area contributed by atoms with Gasteiger partial charge in [-0.05, 0) is 25.0 Å². The van der Waals surface area contributed by atoms with Gasteiger partial charge in [0.25, 0.3) is 0 Å². The molecule has 1 fully saturated rings. The molecule has 1 aliphatic carbocycles. The second-order valence-corrected chi connectivity index (χ2v) is 3.45. The van der Waals surface area contributed by atoms with Crippen LogP contribution in [0.3, 0.4) is 0 Å². The standard InChI is InChI=1S/C9H10N4O/c10-9-11-8-4-3-7(5-13(8)12-9)14-6-1-2-6/h3-6H,1-2H2,(H2,10,12). The summed E-state index contributed by atoms with van der Waals surface area (Å²) < 4.78 is 7.25. The quantitative estimate of drug-likeness (QED) is 0.762. The molecule has 5 heteroatoms. The van der Waals surface area contributed by atoms with Crippen molar-refractivity contribution < 1.29 is 4.74 Å². The van der Waals surface area contributed by atoms with Crippen LogP contribution in [0.1, 0.15) is 12.8 Å². The maximum atomic E-state index is 5.61. The Morgan fingerprint density at radius 3 is 3.07 bits per heavy atom. The summed E-state index contributed by atoms with van der Waals surface area (Å²) in [6, 6.07) is 3.74. The first-order chi connectivity index (χ1) is 6.81. The van der Waals surface area contributed by atoms with Crippen LogP contribution in [0.2, 0.25) is 0 Å². The van der Waals surface area contributed by atoms with Gasteiger partial charge in [0.15, 0.2) is 5.65 Å². The lowest BCUT2D eigenvalue weighted by molar-refractivity contribution is 0.301. The molecule has 14 heavy (non-hydrogen) atoms. The highest BCUT2D eigenvalue weighted by molar-refractivity contribution is 5.43. The monoisotopic (exact) mass is 190 g/mol. The first-order valence-corrected chi connectivity index (χ1v) is 4.60. The molecule has 0 bridgehead atoms. The van der Waals surface area contributed by atoms with Gasteiger partial charge in [0.1, 0.15) is 5.75 Å². The van der Waals surface area contributed by atoms with E-state index in [-0.39, 0.29) is 5.95 Å². The van der Waals surface area contributed by atoms with E-state index < -0.39 is 0 Å². The largest absolute Gasteiger partial charge is 0.489 e. The Kier molecular flexibility index (Phi) is 1.41. The number of ether oxygens (including phenoxy) is 1. The van der Waals surface area contributed by atoms with Crippen molar-refractivity contribution in [2.24, 2.45) is 0 Å². The highest BCUT2D eigenvalue weighted by Gasteiger charge is 2.23. The Bertz CT molecular complexity index is 475. The van der Waals surface area contributed by atoms with Gasteiger partial charge in [0, 0.05) is 0 Å². The van der Waals surface area contributed by atoms with E-state index >= 15 is 0 Å². The van der Waals surface area contributed by atoms with Crippen LogP contribution in [0.15, 0.2) is 18.3 Å². The third-order valence-corrected chi connectivity index (χ3v) is 2.15. The van der Waals surface area contributed by atoms with E-state index in [4.69, 9.17) is 10.5 Å². The third-order valence-electron chi connectivity index (χ3n) is 2.15. The van der Waals surface area contributed by atoms with Crippen LogP contribution in [-0.4, -0.2) is 20.7 Å². The van der Waals surface area contributed by atoms with Crippen molar-refractivity contribution in [3.63, 3.8) is 0 Å². The summed E-state index contributed by atoms with van der Waals surface area (Å²) in [6.45, 7) is 0. The summed E-state index contributed by atoms with van der Waals surface area (Å²) >= 11 is 0. The lowest BCUT2D eigenvalue weighted by atomic mass is 10.4. The Morgan fingerprint density at radius 1 is 1.43 bits per heavy atom. The second-order valence-electron chi connectivity index (χ2n) is 3.45. The van der Waals surface area contributed by atoms with Gasteiger partial charge in [-0.25, -0.2) is 4.52 Å². The number of nitrogens with zero attached hydrogens (tertiary/aromatic N) is 3. The van der Waals surface area contributed by atoms with Crippen LogP contribution >= 0.6 is 0 Å². The minimum Gasteiger partial charge on any atom is -0.489 e. The zero-order chi connectivity index (χ0) is 9.54. The van der Waals surface area contributed by atoms with Crippen LogP contribution in [0.5, 0.6) is 5.75 Å². The number of pyridine rings is 1. The zero-order valence-electron chi connectivity index (χ0n) is 7.55. The number of fused-ring (bicyclic) bond motifs is 1. The molecular formula is C9H10N4O. The van der Waals surface area contributed by atoms with Gasteiger partial charge in [-0.2, -0.15) is 4.98 Å². The van der Waals surface area contributed by atoms with Crippen LogP contribution in [0, 0.1) is 0 Å². The Balaban J connectivity index is 2.00. The van der Waals surface area contributed by atoms with Gasteiger partial charge in [0.05, 0.1) is 12.3 Å². The molecule has 0 aromatic carbocycles. The third kappa shape index (κ3) is 1.26. The molecule has 72 valence electrons. The van der Waals surface area contributed by atoms with E-state index in [0.29, 0.717) is 6.10 Å². The lowest BCUT2D eigenvalue weighted by Crippen LogP contribution is -1.97. The number of hydrogen-bond acceptors (Lipinski definition) is 4. The molecule has 0 saturated heterocycles. The first-order valence-electron chi connectivity index (χ1n) is 4.60. The number of anilines is 1. The van der Waals surface area contributed by atoms with Gasteiger partial charge in [-0.15, -0.1) is 5.10 Å². The highest BCUT2D eigenvalue weighted by Crippen LogP contribution is 2.26. The molecule has 2 aromatic heterocycles. The van der Waals surface area contributed by atoms with Crippen molar-refractivity contribution >= 4 is 11.6 Å². The number of rotatable bonds is 2. The molecule has 0 aliphatic heterocycles. The van der Waals surface area contributed by atoms with Gasteiger partial charge >= 0.3 is 0 Å². The molecule has 0 spiro atoms. The predicted molar refractivity (Wildman–Crippen MR) is 51.0 cm³/mol. The Hall–Kier alpha value is -1.78. The molecule has 0 radical (unpaired) electrons. The molecule has 1 aliphatic rings. The maximum Gasteiger partial charge on any atom is 0.240 e. The zero-order valence-corrected chi connectivity index (χ0v) is 7.55. The lowest BCUT2D eigenvalue weighted by Gasteiger charge is -2.02. The average Bonchev–Trinajstić information content (AvgIpc) is 2.86. The molecule has 2 N–H and O–H groups in total. The van der Waals surface area contributed by atoms with Crippen molar-refractivity contribution in [3.8, 4) is 5.75 Å². The summed E-state index contributed by atoms with van der Waals surface area (Å²) in [4.78, 5) is 4.02. The molecule has 0 amide bonds. The minimum absolute atomic E-state index is 0.286. The van der Waals surface area contributed by atoms with E-state index in [1.807, 2.05) is 12.1 Å². The van der Waals surface area contributed by atoms with Crippen LogP contribution < -0.4 is 10.5 Å². The van der Waals surface area contributed by atoms with Crippen molar-refractivity contribution in [1.29, 1.82) is 0 Å². The molecule has 5 nitrogen and oxygen atoms in total. The van der Waals surface area contributed by atoms with Gasteiger partial charge in [-0.3, -0.25) is 0 Å². The molecule has 0 atom stereocenters. The van der Waals surface area contributed by atoms with Crippen LogP contribution in [0.25, 0.3) is 5.65 Å². The van der Waals surface area contributed by atoms with Crippen molar-refractivity contribution in [1.82, 2.24) is 14.6 Å². The summed E-state index contributed by atoms with van der Waals surface area (Å²) in [6.07, 6.45) is 4.50. The van der Waals surface area contributed by atoms with E-state index in [9.17, 15) is 0 Å². The fourth-order valence-electron chi connectivity index (χ4n) is 1.33. The summed E-state index contributed by atoms with van der Waals surface area (Å²) in [5, 5.41) is 4.00. The molecule has 1 saturated carbocycles. The SMILES string of the molecule is Nc1nc2ccc(OC3CC3)cn2n1. The van der Waals surface area contributed by atoms with Gasteiger partial charge in [-0.1, -0.05) is 0 Å². The van der Waals surface area contributed by atoms with Crippen molar-refractivity contribution in [2.75, 3.05) is 5.73 Å². The smallest absolute Gasteiger partial charge is 0.240 e. The molecule has 0 unspecified atom stereocenters. The molecule has 2 aromatic rings. The highest BCUT2D eigenvalue weighted by atomic mass is 16.5. The predicted octanol–water partition coefficient (Wildman–Crippen LogP) is 0.853. The van der Waals surface area contributed by atoms with Crippen LogP contribution in [0.4, 0.5) is 5.95 Å². The fourth-order valence-corrected chi connectivity index (χ4v) is 1.33. The van der Waals surface area contributed by atoms with Gasteiger partial charge < -0.3 is 10.5 Å². The summed E-state index contributed by atoms with van der Waals surface area (Å²) in [5.74, 6) is 1.11. The summed E-state index contributed by atoms with van der Waals surface area (Å²) in [5.41, 5.74) is 6.21. The van der Waals surface area contributed by atoms with E-state index in [0.717, 1.165) is 24.2 Å². The number of aromatic nitrogens is 3. The molecule has 3 rings (SSSR count). The number of nitrogen functional groups attached to an aromatic ring is 1. The fraction of sp³-hybridized carbons (Fsp3) is 0.333. The number of hydrogen-bond donors (Lipinski definition) is 1. The van der Waals surface area contributed by atoms with Crippen molar-refractivity contribution in [2.45, 2.75) is 18.9 Å². The number of nitrogens with two attached hydrogens (primary N) is 1. The Labute approximate surface area is 80.5 Å². The first kappa shape index (κ1) is 7.61. The summed E-state index contributed by atoms with van der Waals surface area (Å²) in [7, 11) is 0. The maximum absolute atomic E-state index is 5.61.